The first kappa shape index (κ1) is 15.4. The molecule has 0 aromatic heterocycles. The summed E-state index contributed by atoms with van der Waals surface area (Å²) in [6.45, 7) is 1.91. The molecule has 5 nitrogen and oxygen atoms in total. The van der Waals surface area contributed by atoms with E-state index < -0.39 is 10.0 Å². The Balaban J connectivity index is 2.10. The second-order valence-electron chi connectivity index (χ2n) is 5.20. The van der Waals surface area contributed by atoms with Crippen LogP contribution in [-0.4, -0.2) is 44.6 Å². The largest absolute Gasteiger partial charge is 0.396 e. The molecule has 0 spiro atoms. The summed E-state index contributed by atoms with van der Waals surface area (Å²) in [4.78, 5) is 0.349. The van der Waals surface area contributed by atoms with Gasteiger partial charge in [-0.1, -0.05) is 12.1 Å². The van der Waals surface area contributed by atoms with Crippen LogP contribution >= 0.6 is 0 Å². The van der Waals surface area contributed by atoms with Gasteiger partial charge in [-0.2, -0.15) is 4.31 Å². The lowest BCUT2D eigenvalue weighted by Crippen LogP contribution is -2.29. The SMILES string of the molecule is CNCc1ccc(S(=O)(=O)N2CCC(CCO)C2)cc1. The average molecular weight is 298 g/mol. The zero-order chi connectivity index (χ0) is 14.6. The van der Waals surface area contributed by atoms with Gasteiger partial charge in [0, 0.05) is 26.2 Å². The fourth-order valence-electron chi connectivity index (χ4n) is 2.57. The molecular weight excluding hydrogens is 276 g/mol. The van der Waals surface area contributed by atoms with Crippen molar-refractivity contribution in [1.82, 2.24) is 9.62 Å². The van der Waals surface area contributed by atoms with E-state index in [0.29, 0.717) is 24.4 Å². The lowest BCUT2D eigenvalue weighted by atomic mass is 10.1. The highest BCUT2D eigenvalue weighted by Gasteiger charge is 2.32. The third kappa shape index (κ3) is 3.38. The van der Waals surface area contributed by atoms with Crippen LogP contribution in [-0.2, 0) is 16.6 Å². The predicted octanol–water partition coefficient (Wildman–Crippen LogP) is 0.799. The average Bonchev–Trinajstić information content (AvgIpc) is 2.90. The lowest BCUT2D eigenvalue weighted by Gasteiger charge is -2.16. The molecule has 1 fully saturated rings. The van der Waals surface area contributed by atoms with E-state index in [1.54, 1.807) is 12.1 Å². The molecule has 1 aromatic rings. The Morgan fingerprint density at radius 1 is 1.35 bits per heavy atom. The zero-order valence-electron chi connectivity index (χ0n) is 11.7. The van der Waals surface area contributed by atoms with Gasteiger partial charge in [0.15, 0.2) is 0 Å². The number of nitrogens with one attached hydrogen (secondary N) is 1. The first-order chi connectivity index (χ1) is 9.57. The third-order valence-corrected chi connectivity index (χ3v) is 5.61. The number of nitrogens with zero attached hydrogens (tertiary/aromatic N) is 1. The van der Waals surface area contributed by atoms with E-state index in [9.17, 15) is 8.42 Å². The molecule has 0 radical (unpaired) electrons. The molecule has 1 atom stereocenters. The van der Waals surface area contributed by atoms with Crippen LogP contribution in [0.3, 0.4) is 0 Å². The van der Waals surface area contributed by atoms with E-state index >= 15 is 0 Å². The van der Waals surface area contributed by atoms with Crippen molar-refractivity contribution in [3.05, 3.63) is 29.8 Å². The maximum atomic E-state index is 12.5. The Labute approximate surface area is 120 Å². The topological polar surface area (TPSA) is 69.6 Å². The number of sulfonamides is 1. The number of hydrogen-bond acceptors (Lipinski definition) is 4. The van der Waals surface area contributed by atoms with Gasteiger partial charge in [0.25, 0.3) is 0 Å². The van der Waals surface area contributed by atoms with Crippen LogP contribution in [0.25, 0.3) is 0 Å². The van der Waals surface area contributed by atoms with Crippen molar-refractivity contribution in [2.75, 3.05) is 26.7 Å². The van der Waals surface area contributed by atoms with Crippen molar-refractivity contribution in [2.45, 2.75) is 24.3 Å². The van der Waals surface area contributed by atoms with Gasteiger partial charge in [-0.3, -0.25) is 0 Å². The maximum Gasteiger partial charge on any atom is 0.243 e. The van der Waals surface area contributed by atoms with E-state index in [1.165, 1.54) is 4.31 Å². The predicted molar refractivity (Wildman–Crippen MR) is 77.8 cm³/mol. The van der Waals surface area contributed by atoms with Gasteiger partial charge >= 0.3 is 0 Å². The summed E-state index contributed by atoms with van der Waals surface area (Å²) in [5, 5.41) is 12.0. The molecule has 0 saturated carbocycles. The number of rotatable bonds is 6. The zero-order valence-corrected chi connectivity index (χ0v) is 12.6. The molecule has 20 heavy (non-hydrogen) atoms. The third-order valence-electron chi connectivity index (χ3n) is 3.73. The van der Waals surface area contributed by atoms with Crippen molar-refractivity contribution in [3.63, 3.8) is 0 Å². The summed E-state index contributed by atoms with van der Waals surface area (Å²) in [6.07, 6.45) is 1.50. The van der Waals surface area contributed by atoms with Crippen LogP contribution in [0.15, 0.2) is 29.2 Å². The second kappa shape index (κ2) is 6.67. The van der Waals surface area contributed by atoms with Gasteiger partial charge in [0.05, 0.1) is 4.90 Å². The Kier molecular flexibility index (Phi) is 5.15. The number of benzene rings is 1. The molecular formula is C14H22N2O3S. The Bertz CT molecular complexity index is 528. The summed E-state index contributed by atoms with van der Waals surface area (Å²) in [5.74, 6) is 0.276. The van der Waals surface area contributed by atoms with Crippen molar-refractivity contribution < 1.29 is 13.5 Å². The summed E-state index contributed by atoms with van der Waals surface area (Å²) >= 11 is 0. The minimum atomic E-state index is -3.39. The van der Waals surface area contributed by atoms with Gasteiger partial charge in [0.2, 0.25) is 10.0 Å². The van der Waals surface area contributed by atoms with Crippen LogP contribution in [0.5, 0.6) is 0 Å². The molecule has 1 unspecified atom stereocenters. The van der Waals surface area contributed by atoms with Crippen molar-refractivity contribution in [1.29, 1.82) is 0 Å². The molecule has 0 aliphatic carbocycles. The lowest BCUT2D eigenvalue weighted by molar-refractivity contribution is 0.259. The van der Waals surface area contributed by atoms with E-state index in [1.807, 2.05) is 19.2 Å². The van der Waals surface area contributed by atoms with E-state index in [0.717, 1.165) is 18.5 Å². The fourth-order valence-corrected chi connectivity index (χ4v) is 4.10. The smallest absolute Gasteiger partial charge is 0.243 e. The number of aliphatic hydroxyl groups is 1. The first-order valence-corrected chi connectivity index (χ1v) is 8.36. The monoisotopic (exact) mass is 298 g/mol. The molecule has 1 aromatic carbocycles. The van der Waals surface area contributed by atoms with E-state index in [-0.39, 0.29) is 12.5 Å². The number of hydrogen-bond donors (Lipinski definition) is 2. The summed E-state index contributed by atoms with van der Waals surface area (Å²) in [7, 11) is -1.53. The fraction of sp³-hybridized carbons (Fsp3) is 0.571. The molecule has 2 N–H and O–H groups in total. The van der Waals surface area contributed by atoms with Crippen molar-refractivity contribution in [3.8, 4) is 0 Å². The van der Waals surface area contributed by atoms with E-state index in [2.05, 4.69) is 5.32 Å². The molecule has 0 amide bonds. The highest BCUT2D eigenvalue weighted by molar-refractivity contribution is 7.89. The van der Waals surface area contributed by atoms with Gasteiger partial charge in [0.1, 0.15) is 0 Å². The molecule has 1 heterocycles. The number of aliphatic hydroxyl groups excluding tert-OH is 1. The van der Waals surface area contributed by atoms with Crippen LogP contribution in [0.1, 0.15) is 18.4 Å². The summed E-state index contributed by atoms with van der Waals surface area (Å²) in [5.41, 5.74) is 1.06. The highest BCUT2D eigenvalue weighted by Crippen LogP contribution is 2.26. The molecule has 1 aliphatic heterocycles. The van der Waals surface area contributed by atoms with Gasteiger partial charge in [-0.25, -0.2) is 8.42 Å². The minimum Gasteiger partial charge on any atom is -0.396 e. The van der Waals surface area contributed by atoms with Crippen LogP contribution in [0.2, 0.25) is 0 Å². The standard InChI is InChI=1S/C14H22N2O3S/c1-15-10-12-2-4-14(5-3-12)20(18,19)16-8-6-13(11-16)7-9-17/h2-5,13,15,17H,6-11H2,1H3. The molecule has 112 valence electrons. The molecule has 6 heteroatoms. The second-order valence-corrected chi connectivity index (χ2v) is 7.14. The Morgan fingerprint density at radius 3 is 2.65 bits per heavy atom. The normalized spacial score (nSPS) is 20.4. The van der Waals surface area contributed by atoms with Crippen molar-refractivity contribution >= 4 is 10.0 Å². The Morgan fingerprint density at radius 2 is 2.05 bits per heavy atom. The molecule has 0 bridgehead atoms. The van der Waals surface area contributed by atoms with Crippen molar-refractivity contribution in [2.24, 2.45) is 5.92 Å². The minimum absolute atomic E-state index is 0.122. The summed E-state index contributed by atoms with van der Waals surface area (Å²) < 4.78 is 26.5. The molecule has 2 rings (SSSR count). The quantitative estimate of drug-likeness (QED) is 0.815. The van der Waals surface area contributed by atoms with Crippen LogP contribution in [0.4, 0.5) is 0 Å². The van der Waals surface area contributed by atoms with Gasteiger partial charge in [-0.15, -0.1) is 0 Å². The van der Waals surface area contributed by atoms with Crippen LogP contribution < -0.4 is 5.32 Å². The Hall–Kier alpha value is -0.950. The van der Waals surface area contributed by atoms with E-state index in [4.69, 9.17) is 5.11 Å². The molecule has 1 saturated heterocycles. The van der Waals surface area contributed by atoms with Gasteiger partial charge < -0.3 is 10.4 Å². The molecule has 1 aliphatic rings. The van der Waals surface area contributed by atoms with Gasteiger partial charge in [-0.05, 0) is 43.5 Å². The maximum absolute atomic E-state index is 12.5. The highest BCUT2D eigenvalue weighted by atomic mass is 32.2. The summed E-state index contributed by atoms with van der Waals surface area (Å²) in [6, 6.07) is 7.01. The van der Waals surface area contributed by atoms with Crippen LogP contribution in [0, 0.1) is 5.92 Å². The first-order valence-electron chi connectivity index (χ1n) is 6.92.